The molecule has 0 radical (unpaired) electrons. The number of ether oxygens (including phenoxy) is 1. The molecule has 4 nitrogen and oxygen atoms in total. The number of halogens is 1. The number of carbonyl (C=O) groups is 1. The number of benzene rings is 1. The van der Waals surface area contributed by atoms with Gasteiger partial charge in [-0.3, -0.25) is 4.79 Å². The summed E-state index contributed by atoms with van der Waals surface area (Å²) in [7, 11) is 1.64. The largest absolute Gasteiger partial charge is 0.497 e. The molecule has 0 bridgehead atoms. The van der Waals surface area contributed by atoms with Crippen molar-refractivity contribution in [3.63, 3.8) is 0 Å². The second-order valence-electron chi connectivity index (χ2n) is 5.87. The summed E-state index contributed by atoms with van der Waals surface area (Å²) in [5.74, 6) is 0.789. The summed E-state index contributed by atoms with van der Waals surface area (Å²) in [5.41, 5.74) is 6.91. The number of nitrogens with two attached hydrogens (primary N) is 1. The van der Waals surface area contributed by atoms with Crippen LogP contribution in [0, 0.1) is 5.92 Å². The second kappa shape index (κ2) is 7.66. The molecule has 2 rings (SSSR count). The van der Waals surface area contributed by atoms with Gasteiger partial charge in [-0.05, 0) is 37.5 Å². The summed E-state index contributed by atoms with van der Waals surface area (Å²) in [5, 5.41) is 3.00. The smallest absolute Gasteiger partial charge is 0.225 e. The molecule has 0 saturated heterocycles. The Morgan fingerprint density at radius 3 is 2.90 bits per heavy atom. The first kappa shape index (κ1) is 17.8. The van der Waals surface area contributed by atoms with Gasteiger partial charge in [-0.1, -0.05) is 25.0 Å². The van der Waals surface area contributed by atoms with Crippen molar-refractivity contribution >= 4 is 18.3 Å². The van der Waals surface area contributed by atoms with E-state index in [2.05, 4.69) is 5.32 Å². The van der Waals surface area contributed by atoms with Gasteiger partial charge in [-0.25, -0.2) is 0 Å². The van der Waals surface area contributed by atoms with Gasteiger partial charge in [-0.2, -0.15) is 0 Å². The molecule has 0 aliphatic heterocycles. The highest BCUT2D eigenvalue weighted by molar-refractivity contribution is 5.85. The third-order valence-corrected chi connectivity index (χ3v) is 4.17. The Kier molecular flexibility index (Phi) is 6.49. The summed E-state index contributed by atoms with van der Waals surface area (Å²) in [4.78, 5) is 12.3. The normalized spacial score (nSPS) is 24.8. The maximum absolute atomic E-state index is 12.3. The van der Waals surface area contributed by atoms with Crippen molar-refractivity contribution in [2.24, 2.45) is 11.7 Å². The van der Waals surface area contributed by atoms with E-state index in [9.17, 15) is 4.79 Å². The van der Waals surface area contributed by atoms with Gasteiger partial charge in [0.25, 0.3) is 0 Å². The fraction of sp³-hybridized carbons (Fsp3) is 0.562. The van der Waals surface area contributed by atoms with Crippen molar-refractivity contribution in [2.75, 3.05) is 7.11 Å². The third kappa shape index (κ3) is 4.61. The van der Waals surface area contributed by atoms with Crippen molar-refractivity contribution in [1.82, 2.24) is 5.32 Å². The quantitative estimate of drug-likeness (QED) is 0.898. The predicted octanol–water partition coefficient (Wildman–Crippen LogP) is 2.64. The molecule has 0 heterocycles. The molecular weight excluding hydrogens is 288 g/mol. The molecule has 118 valence electrons. The number of methoxy groups -OCH3 is 1. The minimum Gasteiger partial charge on any atom is -0.497 e. The van der Waals surface area contributed by atoms with Crippen LogP contribution in [0.5, 0.6) is 5.75 Å². The van der Waals surface area contributed by atoms with Crippen LogP contribution in [0.3, 0.4) is 0 Å². The predicted molar refractivity (Wildman–Crippen MR) is 86.6 cm³/mol. The molecule has 1 saturated carbocycles. The van der Waals surface area contributed by atoms with Crippen molar-refractivity contribution < 1.29 is 9.53 Å². The zero-order chi connectivity index (χ0) is 14.6. The fourth-order valence-corrected chi connectivity index (χ4v) is 2.88. The fourth-order valence-electron chi connectivity index (χ4n) is 2.88. The lowest BCUT2D eigenvalue weighted by atomic mass is 9.74. The molecule has 3 N–H and O–H groups in total. The summed E-state index contributed by atoms with van der Waals surface area (Å²) in [6.07, 6.45) is 4.01. The van der Waals surface area contributed by atoms with E-state index in [0.717, 1.165) is 37.0 Å². The van der Waals surface area contributed by atoms with E-state index in [1.165, 1.54) is 0 Å². The highest BCUT2D eigenvalue weighted by atomic mass is 35.5. The van der Waals surface area contributed by atoms with E-state index >= 15 is 0 Å². The average molecular weight is 313 g/mol. The average Bonchev–Trinajstić information content (AvgIpc) is 2.44. The van der Waals surface area contributed by atoms with Gasteiger partial charge in [0.1, 0.15) is 5.75 Å². The van der Waals surface area contributed by atoms with Crippen LogP contribution in [0.2, 0.25) is 0 Å². The molecule has 1 aromatic rings. The summed E-state index contributed by atoms with van der Waals surface area (Å²) >= 11 is 0. The van der Waals surface area contributed by atoms with Crippen molar-refractivity contribution in [1.29, 1.82) is 0 Å². The minimum atomic E-state index is -0.378. The number of amides is 1. The molecule has 1 aromatic carbocycles. The molecule has 0 spiro atoms. The first-order valence-corrected chi connectivity index (χ1v) is 7.22. The first-order valence-electron chi connectivity index (χ1n) is 7.22. The zero-order valence-corrected chi connectivity index (χ0v) is 13.5. The number of nitrogens with one attached hydrogen (secondary N) is 1. The Balaban J connectivity index is 0.00000220. The van der Waals surface area contributed by atoms with Gasteiger partial charge in [-0.15, -0.1) is 12.4 Å². The standard InChI is InChI=1S/C16H24N2O2.ClH/c1-16(17)9-4-3-8-14(16)15(19)18-11-12-6-5-7-13(10-12)20-2;/h5-7,10,14H,3-4,8-9,11,17H2,1-2H3,(H,18,19);1H. The molecule has 1 aliphatic rings. The second-order valence-corrected chi connectivity index (χ2v) is 5.87. The number of hydrogen-bond donors (Lipinski definition) is 2. The molecule has 2 atom stereocenters. The molecule has 2 unspecified atom stereocenters. The van der Waals surface area contributed by atoms with Crippen LogP contribution in [0.25, 0.3) is 0 Å². The van der Waals surface area contributed by atoms with Crippen molar-refractivity contribution in [2.45, 2.75) is 44.7 Å². The Morgan fingerprint density at radius 2 is 2.24 bits per heavy atom. The van der Waals surface area contributed by atoms with Crippen LogP contribution in [0.4, 0.5) is 0 Å². The highest BCUT2D eigenvalue weighted by Crippen LogP contribution is 2.31. The third-order valence-electron chi connectivity index (χ3n) is 4.17. The van der Waals surface area contributed by atoms with Crippen molar-refractivity contribution in [3.05, 3.63) is 29.8 Å². The van der Waals surface area contributed by atoms with E-state index in [-0.39, 0.29) is 29.8 Å². The summed E-state index contributed by atoms with van der Waals surface area (Å²) < 4.78 is 5.18. The Bertz CT molecular complexity index is 477. The molecule has 0 aromatic heterocycles. The lowest BCUT2D eigenvalue weighted by Gasteiger charge is -2.37. The minimum absolute atomic E-state index is 0. The SMILES string of the molecule is COc1cccc(CNC(=O)C2CCCCC2(C)N)c1.Cl. The van der Waals surface area contributed by atoms with E-state index in [4.69, 9.17) is 10.5 Å². The highest BCUT2D eigenvalue weighted by Gasteiger charge is 2.37. The van der Waals surface area contributed by atoms with E-state index in [1.54, 1.807) is 7.11 Å². The topological polar surface area (TPSA) is 64.3 Å². The monoisotopic (exact) mass is 312 g/mol. The van der Waals surface area contributed by atoms with Gasteiger partial charge in [0.05, 0.1) is 13.0 Å². The molecular formula is C16H25ClN2O2. The molecule has 21 heavy (non-hydrogen) atoms. The Labute approximate surface area is 132 Å². The summed E-state index contributed by atoms with van der Waals surface area (Å²) in [6, 6.07) is 7.73. The Morgan fingerprint density at radius 1 is 1.48 bits per heavy atom. The van der Waals surface area contributed by atoms with Crippen LogP contribution in [0.15, 0.2) is 24.3 Å². The zero-order valence-electron chi connectivity index (χ0n) is 12.7. The molecule has 1 aliphatic carbocycles. The van der Waals surface area contributed by atoms with Gasteiger partial charge in [0.2, 0.25) is 5.91 Å². The van der Waals surface area contributed by atoms with Gasteiger partial charge >= 0.3 is 0 Å². The lowest BCUT2D eigenvalue weighted by molar-refractivity contribution is -0.128. The van der Waals surface area contributed by atoms with Crippen LogP contribution >= 0.6 is 12.4 Å². The lowest BCUT2D eigenvalue weighted by Crippen LogP contribution is -2.52. The van der Waals surface area contributed by atoms with Crippen LogP contribution in [-0.2, 0) is 11.3 Å². The van der Waals surface area contributed by atoms with Crippen LogP contribution in [0.1, 0.15) is 38.2 Å². The number of rotatable bonds is 4. The van der Waals surface area contributed by atoms with E-state index in [0.29, 0.717) is 6.54 Å². The first-order chi connectivity index (χ1) is 9.53. The van der Waals surface area contributed by atoms with Crippen LogP contribution < -0.4 is 15.8 Å². The van der Waals surface area contributed by atoms with E-state index < -0.39 is 0 Å². The van der Waals surface area contributed by atoms with Crippen molar-refractivity contribution in [3.8, 4) is 5.75 Å². The maximum Gasteiger partial charge on any atom is 0.225 e. The van der Waals surface area contributed by atoms with Crippen LogP contribution in [-0.4, -0.2) is 18.6 Å². The maximum atomic E-state index is 12.3. The number of carbonyl (C=O) groups excluding carboxylic acids is 1. The van der Waals surface area contributed by atoms with Gasteiger partial charge < -0.3 is 15.8 Å². The van der Waals surface area contributed by atoms with E-state index in [1.807, 2.05) is 31.2 Å². The number of hydrogen-bond acceptors (Lipinski definition) is 3. The Hall–Kier alpha value is -1.26. The molecule has 5 heteroatoms. The summed E-state index contributed by atoms with van der Waals surface area (Å²) in [6.45, 7) is 2.50. The molecule has 1 amide bonds. The van der Waals surface area contributed by atoms with Gasteiger partial charge in [0.15, 0.2) is 0 Å². The van der Waals surface area contributed by atoms with Gasteiger partial charge in [0, 0.05) is 12.1 Å². The molecule has 1 fully saturated rings.